The molecule has 0 bridgehead atoms. The first-order valence-corrected chi connectivity index (χ1v) is 9.25. The highest BCUT2D eigenvalue weighted by Crippen LogP contribution is 2.24. The maximum atomic E-state index is 8.94. The predicted octanol–water partition coefficient (Wildman–Crippen LogP) is 3.85. The molecule has 7 heteroatoms. The van der Waals surface area contributed by atoms with Crippen LogP contribution in [-0.2, 0) is 0 Å². The van der Waals surface area contributed by atoms with Crippen LogP contribution >= 0.6 is 11.6 Å². The summed E-state index contributed by atoms with van der Waals surface area (Å²) in [7, 11) is 0. The van der Waals surface area contributed by atoms with Gasteiger partial charge in [0, 0.05) is 30.4 Å². The van der Waals surface area contributed by atoms with Gasteiger partial charge in [0.15, 0.2) is 0 Å². The lowest BCUT2D eigenvalue weighted by Crippen LogP contribution is -2.36. The summed E-state index contributed by atoms with van der Waals surface area (Å²) in [6.07, 6.45) is 5.44. The van der Waals surface area contributed by atoms with Crippen LogP contribution in [0.25, 0.3) is 11.0 Å². The Labute approximate surface area is 162 Å². The van der Waals surface area contributed by atoms with Gasteiger partial charge in [0.1, 0.15) is 5.82 Å². The molecule has 3 aromatic rings. The first kappa shape index (κ1) is 17.5. The average molecular weight is 380 g/mol. The Balaban J connectivity index is 1.34. The molecule has 0 spiro atoms. The van der Waals surface area contributed by atoms with E-state index in [1.54, 1.807) is 18.3 Å². The molecule has 0 aliphatic carbocycles. The molecule has 136 valence electrons. The summed E-state index contributed by atoms with van der Waals surface area (Å²) in [5.41, 5.74) is 2.22. The Bertz CT molecular complexity index is 995. The van der Waals surface area contributed by atoms with Gasteiger partial charge >= 0.3 is 0 Å². The Morgan fingerprint density at radius 1 is 1.15 bits per heavy atom. The van der Waals surface area contributed by atoms with E-state index in [1.165, 1.54) is 0 Å². The van der Waals surface area contributed by atoms with Crippen molar-refractivity contribution in [3.63, 3.8) is 0 Å². The van der Waals surface area contributed by atoms with Crippen molar-refractivity contribution in [3.8, 4) is 11.9 Å². The highest BCUT2D eigenvalue weighted by Gasteiger charge is 2.21. The molecule has 2 aromatic heterocycles. The van der Waals surface area contributed by atoms with Crippen molar-refractivity contribution >= 4 is 28.5 Å². The second-order valence-electron chi connectivity index (χ2n) is 6.60. The van der Waals surface area contributed by atoms with Crippen molar-refractivity contribution in [1.29, 1.82) is 5.26 Å². The molecule has 4 rings (SSSR count). The highest BCUT2D eigenvalue weighted by atomic mass is 35.5. The van der Waals surface area contributed by atoms with Crippen LogP contribution in [0.15, 0.2) is 42.7 Å². The van der Waals surface area contributed by atoms with Crippen LogP contribution in [0, 0.1) is 17.2 Å². The van der Waals surface area contributed by atoms with Gasteiger partial charge in [-0.05, 0) is 43.0 Å². The Morgan fingerprint density at radius 2 is 2.00 bits per heavy atom. The van der Waals surface area contributed by atoms with Crippen LogP contribution in [0.5, 0.6) is 5.88 Å². The number of hydrogen-bond acceptors (Lipinski definition) is 6. The third kappa shape index (κ3) is 4.09. The SMILES string of the molecule is N#Cc1ccnc(OCC2CCN(c3cnc4cc(Cl)ccc4n3)CC2)c1. The quantitative estimate of drug-likeness (QED) is 0.685. The van der Waals surface area contributed by atoms with Crippen LogP contribution < -0.4 is 9.64 Å². The van der Waals surface area contributed by atoms with E-state index in [9.17, 15) is 0 Å². The first-order chi connectivity index (χ1) is 13.2. The van der Waals surface area contributed by atoms with E-state index in [2.05, 4.69) is 20.9 Å². The molecular weight excluding hydrogens is 362 g/mol. The number of anilines is 1. The van der Waals surface area contributed by atoms with E-state index in [4.69, 9.17) is 26.6 Å². The van der Waals surface area contributed by atoms with Gasteiger partial charge in [-0.25, -0.2) is 9.97 Å². The summed E-state index contributed by atoms with van der Waals surface area (Å²) in [6.45, 7) is 2.43. The summed E-state index contributed by atoms with van der Waals surface area (Å²) in [5, 5.41) is 9.61. The minimum atomic E-state index is 0.459. The molecule has 1 aromatic carbocycles. The molecule has 0 unspecified atom stereocenters. The van der Waals surface area contributed by atoms with E-state index in [0.717, 1.165) is 42.8 Å². The third-order valence-corrected chi connectivity index (χ3v) is 5.00. The minimum Gasteiger partial charge on any atom is -0.477 e. The zero-order valence-corrected chi connectivity index (χ0v) is 15.4. The lowest BCUT2D eigenvalue weighted by atomic mass is 9.98. The van der Waals surface area contributed by atoms with E-state index in [-0.39, 0.29) is 0 Å². The summed E-state index contributed by atoms with van der Waals surface area (Å²) in [4.78, 5) is 15.6. The van der Waals surface area contributed by atoms with Gasteiger partial charge in [0.2, 0.25) is 5.88 Å². The van der Waals surface area contributed by atoms with Gasteiger partial charge in [0.25, 0.3) is 0 Å². The average Bonchev–Trinajstić information content (AvgIpc) is 2.72. The first-order valence-electron chi connectivity index (χ1n) is 8.87. The standard InChI is InChI=1S/C20H18ClN5O/c21-16-1-2-17-18(10-16)24-12-19(25-17)26-7-4-14(5-8-26)13-27-20-9-15(11-22)3-6-23-20/h1-3,6,9-10,12,14H,4-5,7-8,13H2. The normalized spacial score (nSPS) is 14.9. The Kier molecular flexibility index (Phi) is 5.03. The van der Waals surface area contributed by atoms with Crippen molar-refractivity contribution in [1.82, 2.24) is 15.0 Å². The van der Waals surface area contributed by atoms with Gasteiger partial charge in [-0.15, -0.1) is 0 Å². The number of rotatable bonds is 4. The number of piperidine rings is 1. The number of benzene rings is 1. The molecule has 0 radical (unpaired) electrons. The van der Waals surface area contributed by atoms with Gasteiger partial charge in [-0.1, -0.05) is 11.6 Å². The van der Waals surface area contributed by atoms with Crippen molar-refractivity contribution in [2.45, 2.75) is 12.8 Å². The van der Waals surface area contributed by atoms with Crippen molar-refractivity contribution in [3.05, 3.63) is 53.3 Å². The lowest BCUT2D eigenvalue weighted by Gasteiger charge is -2.32. The van der Waals surface area contributed by atoms with E-state index in [0.29, 0.717) is 29.0 Å². The van der Waals surface area contributed by atoms with Crippen LogP contribution in [-0.4, -0.2) is 34.6 Å². The Hall–Kier alpha value is -2.91. The number of pyridine rings is 1. The largest absolute Gasteiger partial charge is 0.477 e. The molecule has 1 saturated heterocycles. The molecule has 27 heavy (non-hydrogen) atoms. The predicted molar refractivity (Wildman–Crippen MR) is 104 cm³/mol. The molecule has 1 fully saturated rings. The lowest BCUT2D eigenvalue weighted by molar-refractivity contribution is 0.216. The van der Waals surface area contributed by atoms with E-state index < -0.39 is 0 Å². The molecule has 0 N–H and O–H groups in total. The maximum absolute atomic E-state index is 8.94. The van der Waals surface area contributed by atoms with Crippen LogP contribution in [0.2, 0.25) is 5.02 Å². The third-order valence-electron chi connectivity index (χ3n) is 4.76. The number of fused-ring (bicyclic) bond motifs is 1. The summed E-state index contributed by atoms with van der Waals surface area (Å²) < 4.78 is 5.78. The fourth-order valence-corrected chi connectivity index (χ4v) is 3.38. The highest BCUT2D eigenvalue weighted by molar-refractivity contribution is 6.31. The van der Waals surface area contributed by atoms with Gasteiger partial charge in [-0.3, -0.25) is 4.98 Å². The molecule has 0 saturated carbocycles. The fourth-order valence-electron chi connectivity index (χ4n) is 3.22. The smallest absolute Gasteiger partial charge is 0.214 e. The van der Waals surface area contributed by atoms with Crippen molar-refractivity contribution in [2.24, 2.45) is 5.92 Å². The molecule has 1 aliphatic rings. The summed E-state index contributed by atoms with van der Waals surface area (Å²) >= 11 is 6.00. The fraction of sp³-hybridized carbons (Fsp3) is 0.300. The van der Waals surface area contributed by atoms with Gasteiger partial charge < -0.3 is 9.64 Å². The molecule has 6 nitrogen and oxygen atoms in total. The van der Waals surface area contributed by atoms with Crippen molar-refractivity contribution < 1.29 is 4.74 Å². The number of nitrogens with zero attached hydrogens (tertiary/aromatic N) is 5. The van der Waals surface area contributed by atoms with E-state index >= 15 is 0 Å². The summed E-state index contributed by atoms with van der Waals surface area (Å²) in [5.74, 6) is 1.86. The number of nitriles is 1. The molecule has 0 amide bonds. The second kappa shape index (κ2) is 7.77. The number of hydrogen-bond donors (Lipinski definition) is 0. The zero-order chi connectivity index (χ0) is 18.6. The van der Waals surface area contributed by atoms with Gasteiger partial charge in [0.05, 0.1) is 35.5 Å². The number of ether oxygens (including phenoxy) is 1. The zero-order valence-electron chi connectivity index (χ0n) is 14.7. The van der Waals surface area contributed by atoms with Crippen LogP contribution in [0.4, 0.5) is 5.82 Å². The van der Waals surface area contributed by atoms with E-state index in [1.807, 2.05) is 24.4 Å². The Morgan fingerprint density at radius 3 is 2.81 bits per heavy atom. The van der Waals surface area contributed by atoms with Crippen molar-refractivity contribution in [2.75, 3.05) is 24.6 Å². The van der Waals surface area contributed by atoms with Gasteiger partial charge in [-0.2, -0.15) is 5.26 Å². The minimum absolute atomic E-state index is 0.459. The second-order valence-corrected chi connectivity index (χ2v) is 7.03. The van der Waals surface area contributed by atoms with Crippen LogP contribution in [0.3, 0.4) is 0 Å². The molecule has 0 atom stereocenters. The summed E-state index contributed by atoms with van der Waals surface area (Å²) in [6, 6.07) is 11.0. The topological polar surface area (TPSA) is 74.9 Å². The number of aromatic nitrogens is 3. The molecular formula is C20H18ClN5O. The monoisotopic (exact) mass is 379 g/mol. The maximum Gasteiger partial charge on any atom is 0.214 e. The molecule has 1 aliphatic heterocycles. The molecule has 3 heterocycles. The number of halogens is 1. The van der Waals surface area contributed by atoms with Crippen LogP contribution in [0.1, 0.15) is 18.4 Å².